The third kappa shape index (κ3) is 0.874. The summed E-state index contributed by atoms with van der Waals surface area (Å²) in [7, 11) is 0. The van der Waals surface area contributed by atoms with Crippen LogP contribution in [0.2, 0.25) is 0 Å². The molecule has 0 saturated carbocycles. The molecule has 56 valence electrons. The molecule has 0 unspecified atom stereocenters. The molecule has 0 aliphatic heterocycles. The van der Waals surface area contributed by atoms with Gasteiger partial charge in [-0.3, -0.25) is 14.4 Å². The van der Waals surface area contributed by atoms with Gasteiger partial charge in [-0.25, -0.2) is 9.78 Å². The second-order valence-electron chi connectivity index (χ2n) is 2.01. The zero-order valence-electron chi connectivity index (χ0n) is 5.37. The highest BCUT2D eigenvalue weighted by molar-refractivity contribution is 7.71. The van der Waals surface area contributed by atoms with Gasteiger partial charge in [0.1, 0.15) is 0 Å². The maximum Gasteiger partial charge on any atom is 0.327 e. The molecule has 2 rings (SSSR count). The minimum atomic E-state index is -0.339. The summed E-state index contributed by atoms with van der Waals surface area (Å²) in [4.78, 5) is 19.5. The van der Waals surface area contributed by atoms with Crippen LogP contribution < -0.4 is 5.69 Å². The molecule has 2 N–H and O–H groups in total. The van der Waals surface area contributed by atoms with Gasteiger partial charge in [-0.2, -0.15) is 0 Å². The van der Waals surface area contributed by atoms with Gasteiger partial charge in [-0.15, -0.1) is 0 Å². The summed E-state index contributed by atoms with van der Waals surface area (Å²) in [5.74, 6) is 0.457. The number of nitrogens with zero attached hydrogens (tertiary/aromatic N) is 2. The lowest BCUT2D eigenvalue weighted by Crippen LogP contribution is -2.12. The number of fused-ring (bicyclic) bond motifs is 1. The minimum Gasteiger partial charge on any atom is -0.284 e. The van der Waals surface area contributed by atoms with Crippen molar-refractivity contribution in [2.75, 3.05) is 0 Å². The number of hydrogen-bond donors (Lipinski definition) is 2. The summed E-state index contributed by atoms with van der Waals surface area (Å²) in [6, 6.07) is 0. The summed E-state index contributed by atoms with van der Waals surface area (Å²) >= 11 is 4.84. The highest BCUT2D eigenvalue weighted by Gasteiger charge is 1.94. The zero-order valence-corrected chi connectivity index (χ0v) is 6.18. The molecule has 0 bridgehead atoms. The molecule has 0 saturated heterocycles. The van der Waals surface area contributed by atoms with E-state index in [-0.39, 0.29) is 5.69 Å². The number of aromatic amines is 2. The van der Waals surface area contributed by atoms with Crippen LogP contribution in [0.25, 0.3) is 5.78 Å². The first-order valence-electron chi connectivity index (χ1n) is 2.93. The van der Waals surface area contributed by atoms with Gasteiger partial charge < -0.3 is 0 Å². The fourth-order valence-electron chi connectivity index (χ4n) is 0.850. The molecule has 0 aliphatic carbocycles. The van der Waals surface area contributed by atoms with Crippen molar-refractivity contribution in [2.45, 2.75) is 0 Å². The number of hydrogen-bond acceptors (Lipinski definition) is 3. The third-order valence-electron chi connectivity index (χ3n) is 1.31. The second kappa shape index (κ2) is 2.03. The van der Waals surface area contributed by atoms with Crippen LogP contribution in [0.3, 0.4) is 0 Å². The molecule has 6 heteroatoms. The highest BCUT2D eigenvalue weighted by atomic mass is 32.1. The van der Waals surface area contributed by atoms with Gasteiger partial charge in [0.2, 0.25) is 5.78 Å². The Balaban J connectivity index is 3.15. The van der Waals surface area contributed by atoms with Crippen LogP contribution in [-0.4, -0.2) is 19.4 Å². The molecule has 0 aromatic carbocycles. The molecule has 5 nitrogen and oxygen atoms in total. The van der Waals surface area contributed by atoms with Crippen molar-refractivity contribution in [3.8, 4) is 0 Å². The van der Waals surface area contributed by atoms with Crippen LogP contribution in [0.15, 0.2) is 17.2 Å². The van der Waals surface area contributed by atoms with Gasteiger partial charge in [0.05, 0.1) is 0 Å². The third-order valence-corrected chi connectivity index (χ3v) is 1.60. The maximum absolute atomic E-state index is 10.8. The fraction of sp³-hybridized carbons (Fsp3) is 0. The SMILES string of the molecule is O=c1[nH]c(=S)n2ccnc2[nH]1. The largest absolute Gasteiger partial charge is 0.327 e. The van der Waals surface area contributed by atoms with Gasteiger partial charge in [0, 0.05) is 12.4 Å². The molecule has 0 spiro atoms. The first-order chi connectivity index (χ1) is 5.27. The van der Waals surface area contributed by atoms with E-state index in [1.807, 2.05) is 0 Å². The molecular weight excluding hydrogens is 164 g/mol. The smallest absolute Gasteiger partial charge is 0.284 e. The molecule has 2 aromatic rings. The standard InChI is InChI=1S/C5H4N4OS/c10-4-7-3-6-1-2-9(3)5(11)8-4/h1-2H,(H2,6,7,8,10,11). The normalized spacial score (nSPS) is 10.5. The molecule has 0 amide bonds. The van der Waals surface area contributed by atoms with Gasteiger partial charge in [0.25, 0.3) is 0 Å². The van der Waals surface area contributed by atoms with E-state index < -0.39 is 0 Å². The minimum absolute atomic E-state index is 0.339. The van der Waals surface area contributed by atoms with Crippen LogP contribution in [0, 0.1) is 4.77 Å². The van der Waals surface area contributed by atoms with Crippen molar-refractivity contribution >= 4 is 18.0 Å². The van der Waals surface area contributed by atoms with E-state index in [4.69, 9.17) is 12.2 Å². The van der Waals surface area contributed by atoms with E-state index in [0.29, 0.717) is 10.5 Å². The Morgan fingerprint density at radius 1 is 1.55 bits per heavy atom. The summed E-state index contributed by atoms with van der Waals surface area (Å²) in [6.45, 7) is 0. The number of H-pyrrole nitrogens is 2. The van der Waals surface area contributed by atoms with Crippen LogP contribution in [0.4, 0.5) is 0 Å². The van der Waals surface area contributed by atoms with Crippen LogP contribution >= 0.6 is 12.2 Å². The maximum atomic E-state index is 10.8. The Bertz CT molecular complexity index is 493. The van der Waals surface area contributed by atoms with Gasteiger partial charge in [0.15, 0.2) is 4.77 Å². The lowest BCUT2D eigenvalue weighted by molar-refractivity contribution is 0.943. The Morgan fingerprint density at radius 2 is 2.36 bits per heavy atom. The van der Waals surface area contributed by atoms with E-state index >= 15 is 0 Å². The second-order valence-corrected chi connectivity index (χ2v) is 2.39. The van der Waals surface area contributed by atoms with Crippen LogP contribution in [-0.2, 0) is 0 Å². The predicted octanol–water partition coefficient (Wildman–Crippen LogP) is 0.0802. The molecule has 2 aromatic heterocycles. The summed E-state index contributed by atoms with van der Waals surface area (Å²) in [5.41, 5.74) is -0.339. The zero-order chi connectivity index (χ0) is 7.84. The van der Waals surface area contributed by atoms with Crippen molar-refractivity contribution < 1.29 is 0 Å². The molecule has 0 atom stereocenters. The van der Waals surface area contributed by atoms with E-state index in [2.05, 4.69) is 15.0 Å². The molecule has 11 heavy (non-hydrogen) atoms. The summed E-state index contributed by atoms with van der Waals surface area (Å²) < 4.78 is 1.93. The van der Waals surface area contributed by atoms with E-state index in [1.165, 1.54) is 0 Å². The molecule has 0 aliphatic rings. The lowest BCUT2D eigenvalue weighted by Gasteiger charge is -1.89. The van der Waals surface area contributed by atoms with E-state index in [1.54, 1.807) is 16.8 Å². The molecule has 2 heterocycles. The number of imidazole rings is 1. The van der Waals surface area contributed by atoms with Crippen molar-refractivity contribution in [1.29, 1.82) is 0 Å². The average Bonchev–Trinajstić information content (AvgIpc) is 2.34. The van der Waals surface area contributed by atoms with Crippen molar-refractivity contribution in [1.82, 2.24) is 19.4 Å². The Morgan fingerprint density at radius 3 is 3.18 bits per heavy atom. The van der Waals surface area contributed by atoms with Gasteiger partial charge in [-0.05, 0) is 12.2 Å². The number of rotatable bonds is 0. The Hall–Kier alpha value is -1.43. The topological polar surface area (TPSA) is 65.9 Å². The Kier molecular flexibility index (Phi) is 1.16. The fourth-order valence-corrected chi connectivity index (χ4v) is 1.09. The van der Waals surface area contributed by atoms with Crippen molar-refractivity contribution in [3.05, 3.63) is 27.6 Å². The van der Waals surface area contributed by atoms with E-state index in [9.17, 15) is 4.79 Å². The lowest BCUT2D eigenvalue weighted by atomic mass is 10.9. The molecular formula is C5H4N4OS. The summed E-state index contributed by atoms with van der Waals surface area (Å²) in [5, 5.41) is 0. The van der Waals surface area contributed by atoms with Crippen molar-refractivity contribution in [3.63, 3.8) is 0 Å². The van der Waals surface area contributed by atoms with Gasteiger partial charge >= 0.3 is 5.69 Å². The monoisotopic (exact) mass is 168 g/mol. The van der Waals surface area contributed by atoms with E-state index in [0.717, 1.165) is 0 Å². The molecule has 0 fully saturated rings. The average molecular weight is 168 g/mol. The first-order valence-corrected chi connectivity index (χ1v) is 3.34. The number of nitrogens with one attached hydrogen (secondary N) is 2. The molecule has 0 radical (unpaired) electrons. The Labute approximate surface area is 65.7 Å². The predicted molar refractivity (Wildman–Crippen MR) is 41.0 cm³/mol. The van der Waals surface area contributed by atoms with Gasteiger partial charge in [-0.1, -0.05) is 0 Å². The first kappa shape index (κ1) is 6.29. The quantitative estimate of drug-likeness (QED) is 0.547. The summed E-state index contributed by atoms with van der Waals surface area (Å²) in [6.07, 6.45) is 3.24. The van der Waals surface area contributed by atoms with Crippen LogP contribution in [0.1, 0.15) is 0 Å². The van der Waals surface area contributed by atoms with Crippen molar-refractivity contribution in [2.24, 2.45) is 0 Å². The highest BCUT2D eigenvalue weighted by Crippen LogP contribution is 1.90. The number of aromatic nitrogens is 4. The van der Waals surface area contributed by atoms with Crippen LogP contribution in [0.5, 0.6) is 0 Å².